The molecule has 2 amide bonds. The van der Waals surface area contributed by atoms with Crippen LogP contribution in [0.4, 0.5) is 10.5 Å². The van der Waals surface area contributed by atoms with Crippen LogP contribution in [0.15, 0.2) is 6.07 Å². The first-order valence-electron chi connectivity index (χ1n) is 5.23. The topological polar surface area (TPSA) is 41.6 Å². The average Bonchev–Trinajstić information content (AvgIpc) is 2.33. The van der Waals surface area contributed by atoms with Crippen LogP contribution in [0.1, 0.15) is 11.1 Å². The summed E-state index contributed by atoms with van der Waals surface area (Å²) in [6.07, 6.45) is 0. The standard InChI is InChI=1S/C12H17ClN2O2/c1-7-6-9(17-5)11(8(2)10(7)13)15(4)12(16)14-3/h6H,1-5H3,(H,14,16). The maximum absolute atomic E-state index is 11.6. The Labute approximate surface area is 107 Å². The fraction of sp³-hybridized carbons (Fsp3) is 0.417. The molecule has 0 radical (unpaired) electrons. The van der Waals surface area contributed by atoms with Crippen molar-refractivity contribution >= 4 is 23.3 Å². The highest BCUT2D eigenvalue weighted by Crippen LogP contribution is 2.37. The van der Waals surface area contributed by atoms with Gasteiger partial charge in [0.1, 0.15) is 5.75 Å². The van der Waals surface area contributed by atoms with Crippen molar-refractivity contribution in [3.63, 3.8) is 0 Å². The van der Waals surface area contributed by atoms with Crippen molar-refractivity contribution in [3.05, 3.63) is 22.2 Å². The Kier molecular flexibility index (Phi) is 4.23. The van der Waals surface area contributed by atoms with Gasteiger partial charge in [-0.2, -0.15) is 0 Å². The van der Waals surface area contributed by atoms with E-state index in [0.29, 0.717) is 16.5 Å². The van der Waals surface area contributed by atoms with Crippen molar-refractivity contribution in [3.8, 4) is 5.75 Å². The molecule has 0 saturated carbocycles. The van der Waals surface area contributed by atoms with Gasteiger partial charge in [0.05, 0.1) is 12.8 Å². The smallest absolute Gasteiger partial charge is 0.321 e. The van der Waals surface area contributed by atoms with Crippen LogP contribution in [0, 0.1) is 13.8 Å². The molecule has 0 spiro atoms. The number of nitrogens with zero attached hydrogens (tertiary/aromatic N) is 1. The van der Waals surface area contributed by atoms with Gasteiger partial charge in [-0.15, -0.1) is 0 Å². The van der Waals surface area contributed by atoms with Crippen molar-refractivity contribution < 1.29 is 9.53 Å². The molecule has 1 aromatic carbocycles. The molecule has 0 heterocycles. The molecule has 5 heteroatoms. The predicted octanol–water partition coefficient (Wildman–Crippen LogP) is 2.74. The minimum Gasteiger partial charge on any atom is -0.495 e. The molecule has 0 aliphatic rings. The van der Waals surface area contributed by atoms with Crippen molar-refractivity contribution in [1.82, 2.24) is 5.32 Å². The summed E-state index contributed by atoms with van der Waals surface area (Å²) in [5.74, 6) is 0.635. The largest absolute Gasteiger partial charge is 0.495 e. The number of ether oxygens (including phenoxy) is 1. The lowest BCUT2D eigenvalue weighted by molar-refractivity contribution is 0.249. The molecule has 94 valence electrons. The minimum atomic E-state index is -0.216. The van der Waals surface area contributed by atoms with E-state index in [1.54, 1.807) is 21.2 Å². The number of carbonyl (C=O) groups excluding carboxylic acids is 1. The molecule has 1 N–H and O–H groups in total. The van der Waals surface area contributed by atoms with E-state index in [1.165, 1.54) is 4.90 Å². The highest BCUT2D eigenvalue weighted by molar-refractivity contribution is 6.32. The van der Waals surface area contributed by atoms with Gasteiger partial charge in [-0.05, 0) is 31.0 Å². The molecule has 0 bridgehead atoms. The second-order valence-corrected chi connectivity index (χ2v) is 4.18. The zero-order chi connectivity index (χ0) is 13.2. The number of carbonyl (C=O) groups is 1. The third-order valence-electron chi connectivity index (χ3n) is 2.69. The first kappa shape index (κ1) is 13.6. The SMILES string of the molecule is CNC(=O)N(C)c1c(OC)cc(C)c(Cl)c1C. The molecular weight excluding hydrogens is 240 g/mol. The fourth-order valence-electron chi connectivity index (χ4n) is 1.75. The number of benzene rings is 1. The molecule has 0 saturated heterocycles. The van der Waals surface area contributed by atoms with Crippen LogP contribution in [0.25, 0.3) is 0 Å². The summed E-state index contributed by atoms with van der Waals surface area (Å²) in [5.41, 5.74) is 2.44. The third kappa shape index (κ3) is 2.47. The summed E-state index contributed by atoms with van der Waals surface area (Å²) in [4.78, 5) is 13.1. The summed E-state index contributed by atoms with van der Waals surface area (Å²) in [7, 11) is 4.83. The van der Waals surface area contributed by atoms with Crippen LogP contribution in [0.2, 0.25) is 5.02 Å². The molecule has 0 aliphatic carbocycles. The Hall–Kier alpha value is -1.42. The number of halogens is 1. The number of urea groups is 1. The van der Waals surface area contributed by atoms with E-state index in [0.717, 1.165) is 11.1 Å². The van der Waals surface area contributed by atoms with E-state index in [4.69, 9.17) is 16.3 Å². The van der Waals surface area contributed by atoms with Crippen LogP contribution in [-0.4, -0.2) is 27.2 Å². The molecule has 0 atom stereocenters. The first-order chi connectivity index (χ1) is 7.93. The lowest BCUT2D eigenvalue weighted by atomic mass is 10.1. The normalized spacial score (nSPS) is 10.0. The predicted molar refractivity (Wildman–Crippen MR) is 70.3 cm³/mol. The number of amides is 2. The summed E-state index contributed by atoms with van der Waals surface area (Å²) >= 11 is 6.19. The van der Waals surface area contributed by atoms with Gasteiger partial charge in [-0.1, -0.05) is 11.6 Å². The molecule has 17 heavy (non-hydrogen) atoms. The van der Waals surface area contributed by atoms with Gasteiger partial charge in [-0.25, -0.2) is 4.79 Å². The summed E-state index contributed by atoms with van der Waals surface area (Å²) in [5, 5.41) is 3.21. The highest BCUT2D eigenvalue weighted by atomic mass is 35.5. The van der Waals surface area contributed by atoms with E-state index < -0.39 is 0 Å². The van der Waals surface area contributed by atoms with Gasteiger partial charge in [-0.3, -0.25) is 4.90 Å². The van der Waals surface area contributed by atoms with E-state index in [-0.39, 0.29) is 6.03 Å². The van der Waals surface area contributed by atoms with Crippen LogP contribution in [-0.2, 0) is 0 Å². The van der Waals surface area contributed by atoms with E-state index >= 15 is 0 Å². The number of aryl methyl sites for hydroxylation is 1. The van der Waals surface area contributed by atoms with Crippen LogP contribution in [0.3, 0.4) is 0 Å². The quantitative estimate of drug-likeness (QED) is 0.884. The number of hydrogen-bond acceptors (Lipinski definition) is 2. The highest BCUT2D eigenvalue weighted by Gasteiger charge is 2.19. The Bertz CT molecular complexity index is 447. The van der Waals surface area contributed by atoms with Gasteiger partial charge in [0, 0.05) is 19.1 Å². The van der Waals surface area contributed by atoms with Gasteiger partial charge >= 0.3 is 6.03 Å². The van der Waals surface area contributed by atoms with Gasteiger partial charge in [0.15, 0.2) is 0 Å². The van der Waals surface area contributed by atoms with E-state index in [9.17, 15) is 4.79 Å². The summed E-state index contributed by atoms with van der Waals surface area (Å²) in [6.45, 7) is 3.77. The van der Waals surface area contributed by atoms with Gasteiger partial charge in [0.25, 0.3) is 0 Å². The molecule has 1 rings (SSSR count). The van der Waals surface area contributed by atoms with Crippen molar-refractivity contribution in [2.75, 3.05) is 26.1 Å². The van der Waals surface area contributed by atoms with Crippen molar-refractivity contribution in [2.24, 2.45) is 0 Å². The Balaban J connectivity index is 3.40. The summed E-state index contributed by atoms with van der Waals surface area (Å²) in [6, 6.07) is 1.61. The lowest BCUT2D eigenvalue weighted by Gasteiger charge is -2.23. The zero-order valence-electron chi connectivity index (χ0n) is 10.7. The van der Waals surface area contributed by atoms with Gasteiger partial charge < -0.3 is 10.1 Å². The zero-order valence-corrected chi connectivity index (χ0v) is 11.5. The molecule has 0 aliphatic heterocycles. The number of anilines is 1. The van der Waals surface area contributed by atoms with Crippen LogP contribution >= 0.6 is 11.6 Å². The Morgan fingerprint density at radius 1 is 1.47 bits per heavy atom. The van der Waals surface area contributed by atoms with E-state index in [2.05, 4.69) is 5.32 Å². The molecule has 4 nitrogen and oxygen atoms in total. The summed E-state index contributed by atoms with van der Waals surface area (Å²) < 4.78 is 5.30. The molecule has 0 aromatic heterocycles. The van der Waals surface area contributed by atoms with Crippen molar-refractivity contribution in [1.29, 1.82) is 0 Å². The van der Waals surface area contributed by atoms with Crippen LogP contribution < -0.4 is 15.0 Å². The maximum atomic E-state index is 11.6. The second-order valence-electron chi connectivity index (χ2n) is 3.80. The van der Waals surface area contributed by atoms with Crippen molar-refractivity contribution in [2.45, 2.75) is 13.8 Å². The average molecular weight is 257 g/mol. The maximum Gasteiger partial charge on any atom is 0.321 e. The molecule has 0 fully saturated rings. The molecular formula is C12H17ClN2O2. The number of nitrogens with one attached hydrogen (secondary N) is 1. The number of methoxy groups -OCH3 is 1. The minimum absolute atomic E-state index is 0.216. The number of rotatable bonds is 2. The molecule has 0 unspecified atom stereocenters. The molecule has 1 aromatic rings. The van der Waals surface area contributed by atoms with Crippen LogP contribution in [0.5, 0.6) is 5.75 Å². The Morgan fingerprint density at radius 2 is 2.06 bits per heavy atom. The van der Waals surface area contributed by atoms with Gasteiger partial charge in [0.2, 0.25) is 0 Å². The van der Waals surface area contributed by atoms with E-state index in [1.807, 2.05) is 19.9 Å². The fourth-order valence-corrected chi connectivity index (χ4v) is 1.90. The second kappa shape index (κ2) is 5.27. The number of hydrogen-bond donors (Lipinski definition) is 1. The Morgan fingerprint density at radius 3 is 2.53 bits per heavy atom. The first-order valence-corrected chi connectivity index (χ1v) is 5.61. The third-order valence-corrected chi connectivity index (χ3v) is 3.27. The lowest BCUT2D eigenvalue weighted by Crippen LogP contribution is -2.35. The monoisotopic (exact) mass is 256 g/mol.